The summed E-state index contributed by atoms with van der Waals surface area (Å²) in [7, 11) is 0. The van der Waals surface area contributed by atoms with Gasteiger partial charge < -0.3 is 0 Å². The van der Waals surface area contributed by atoms with Crippen molar-refractivity contribution in [1.82, 2.24) is 18.9 Å². The summed E-state index contributed by atoms with van der Waals surface area (Å²) >= 11 is 0. The molecular formula is C96H158N4O8. The normalized spacial score (nSPS) is 21.1. The first-order chi connectivity index (χ1) is 52.7. The molecule has 12 nitrogen and oxygen atoms in total. The molecule has 0 bridgehead atoms. The lowest BCUT2D eigenvalue weighted by Crippen LogP contribution is -2.43. The highest BCUT2D eigenvalue weighted by Crippen LogP contribution is 2.50. The van der Waals surface area contributed by atoms with Crippen molar-refractivity contribution in [1.29, 1.82) is 0 Å². The van der Waals surface area contributed by atoms with Gasteiger partial charge in [0.15, 0.2) is 0 Å². The Morgan fingerprint density at radius 1 is 0.269 bits per heavy atom. The van der Waals surface area contributed by atoms with E-state index in [1.165, 1.54) is 326 Å². The zero-order chi connectivity index (χ0) is 77.1. The van der Waals surface area contributed by atoms with Crippen LogP contribution in [0.4, 0.5) is 0 Å². The van der Waals surface area contributed by atoms with Crippen molar-refractivity contribution in [2.45, 2.75) is 439 Å². The molecule has 3 aromatic rings. The molecule has 0 spiro atoms. The fourth-order valence-electron chi connectivity index (χ4n) is 21.0. The van der Waals surface area contributed by atoms with Gasteiger partial charge in [-0.2, -0.15) is 0 Å². The fourth-order valence-corrected chi connectivity index (χ4v) is 21.0. The van der Waals surface area contributed by atoms with Gasteiger partial charge in [0, 0.05) is 49.5 Å². The molecule has 1 aromatic carbocycles. The van der Waals surface area contributed by atoms with Gasteiger partial charge in [0.1, 0.15) is 0 Å². The molecule has 4 amide bonds. The van der Waals surface area contributed by atoms with Gasteiger partial charge in [-0.15, -0.1) is 0 Å². The van der Waals surface area contributed by atoms with Gasteiger partial charge in [-0.1, -0.05) is 336 Å². The molecule has 0 N–H and O–H groups in total. The van der Waals surface area contributed by atoms with Crippen LogP contribution in [0.3, 0.4) is 0 Å². The first-order valence-electron chi connectivity index (χ1n) is 46.7. The smallest absolute Gasteiger partial charge is 0.262 e. The van der Waals surface area contributed by atoms with E-state index in [2.05, 4.69) is 41.5 Å². The molecule has 0 radical (unpaired) electrons. The highest BCUT2D eigenvalue weighted by molar-refractivity contribution is 6.13. The van der Waals surface area contributed by atoms with Crippen LogP contribution >= 0.6 is 0 Å². The minimum atomic E-state index is -0.660. The molecule has 7 rings (SSSR count). The number of benzene rings is 1. The number of hydrogen-bond donors (Lipinski definition) is 0. The molecule has 9 atom stereocenters. The summed E-state index contributed by atoms with van der Waals surface area (Å²) in [4.78, 5) is 108. The Hall–Kier alpha value is -4.74. The molecule has 0 saturated heterocycles. The van der Waals surface area contributed by atoms with Crippen molar-refractivity contribution in [2.75, 3.05) is 13.1 Å². The SMILES string of the molecule is CCCCCCCCC1C(CCCCCC)CCC(CCCCCCCCC(C)(CCCC)n2c(=O)c3cc4c(=O)n(CCCCCCCCC5C(CCCCCCCCN6C(=O)C=CC6=O)CCC(CCCCCC)C5CCCCCCCC)c(=O)c4cc3c2=O)C1CCCCCCCCN1C(=O)C=CC1=O. The van der Waals surface area contributed by atoms with E-state index in [1.807, 2.05) is 0 Å². The largest absolute Gasteiger partial charge is 0.275 e. The van der Waals surface area contributed by atoms with Gasteiger partial charge >= 0.3 is 0 Å². The maximum atomic E-state index is 14.6. The minimum absolute atomic E-state index is 0.166. The summed E-state index contributed by atoms with van der Waals surface area (Å²) in [5.41, 5.74) is -1.99. The van der Waals surface area contributed by atoms with Crippen molar-refractivity contribution in [2.24, 2.45) is 47.3 Å². The monoisotopic (exact) mass is 1500 g/mol. The Morgan fingerprint density at radius 2 is 0.500 bits per heavy atom. The molecule has 2 fully saturated rings. The van der Waals surface area contributed by atoms with Crippen LogP contribution < -0.4 is 22.2 Å². The molecule has 2 saturated carbocycles. The van der Waals surface area contributed by atoms with Gasteiger partial charge in [-0.05, 0) is 150 Å². The van der Waals surface area contributed by atoms with Crippen LogP contribution in [-0.4, -0.2) is 55.7 Å². The van der Waals surface area contributed by atoms with Crippen LogP contribution in [0.1, 0.15) is 427 Å². The van der Waals surface area contributed by atoms with Crippen molar-refractivity contribution in [3.05, 3.63) is 77.9 Å². The third-order valence-corrected chi connectivity index (χ3v) is 27.4. The van der Waals surface area contributed by atoms with E-state index in [0.717, 1.165) is 150 Å². The van der Waals surface area contributed by atoms with E-state index in [1.54, 1.807) is 12.1 Å². The number of hydrogen-bond acceptors (Lipinski definition) is 8. The Morgan fingerprint density at radius 3 is 0.806 bits per heavy atom. The van der Waals surface area contributed by atoms with E-state index < -0.39 is 5.54 Å². The molecular weight excluding hydrogens is 1340 g/mol. The van der Waals surface area contributed by atoms with E-state index in [9.17, 15) is 38.4 Å². The number of fused-ring (bicyclic) bond motifs is 2. The zero-order valence-electron chi connectivity index (χ0n) is 70.2. The molecule has 610 valence electrons. The van der Waals surface area contributed by atoms with Crippen LogP contribution in [0.2, 0.25) is 0 Å². The molecule has 2 aliphatic heterocycles. The summed E-state index contributed by atoms with van der Waals surface area (Å²) in [5, 5.41) is 1.06. The molecule has 2 aliphatic carbocycles. The minimum Gasteiger partial charge on any atom is -0.275 e. The van der Waals surface area contributed by atoms with Crippen molar-refractivity contribution >= 4 is 45.2 Å². The number of unbranched alkanes of at least 4 members (excludes halogenated alkanes) is 37. The molecule has 4 heterocycles. The van der Waals surface area contributed by atoms with Crippen LogP contribution in [0, 0.1) is 47.3 Å². The van der Waals surface area contributed by atoms with Crippen LogP contribution in [0.25, 0.3) is 21.5 Å². The van der Waals surface area contributed by atoms with Crippen LogP contribution in [-0.2, 0) is 31.3 Å². The number of carbonyl (C=O) groups excluding carboxylic acids is 4. The highest BCUT2D eigenvalue weighted by atomic mass is 16.2. The number of rotatable bonds is 64. The molecule has 2 aromatic heterocycles. The third kappa shape index (κ3) is 29.0. The second-order valence-corrected chi connectivity index (χ2v) is 35.6. The topological polar surface area (TPSA) is 153 Å². The summed E-state index contributed by atoms with van der Waals surface area (Å²) in [6.07, 6.45) is 79.8. The second kappa shape index (κ2) is 51.8. The van der Waals surface area contributed by atoms with E-state index in [-0.39, 0.29) is 67.4 Å². The average Bonchev–Trinajstić information content (AvgIpc) is 1.57. The second-order valence-electron chi connectivity index (χ2n) is 35.6. The first-order valence-corrected chi connectivity index (χ1v) is 46.7. The van der Waals surface area contributed by atoms with Gasteiger partial charge in [0.25, 0.3) is 45.9 Å². The van der Waals surface area contributed by atoms with Crippen molar-refractivity contribution < 1.29 is 19.2 Å². The Bertz CT molecular complexity index is 3210. The predicted molar refractivity (Wildman–Crippen MR) is 454 cm³/mol. The summed E-state index contributed by atoms with van der Waals surface area (Å²) in [6, 6.07) is 3.16. The van der Waals surface area contributed by atoms with E-state index >= 15 is 0 Å². The summed E-state index contributed by atoms with van der Waals surface area (Å²) < 4.78 is 2.89. The standard InChI is InChI=1S/C96H158N4O8/c1-7-12-17-21-33-45-57-80-76(53-41-19-14-9-3)61-63-78(82(80)59-47-35-25-29-39-51-72-98-90(103)67-68-91(98)104)55-43-31-23-27-37-49-70-96(6,69-16-11-5)100-94(107)86-74-84-85(75-87(86)95(100)108)93(106)99(92(84)105)73-52-40-30-26-36-48-60-83-79(56-44-32-24-28-38-50-71-97-88(101)65-66-89(97)102)64-62-77(54-42-20-15-10-4)81(83)58-46-34-22-18-13-8-2/h65-68,74-83H,7-64,69-73H2,1-6H3. The number of amides is 4. The number of aromatic nitrogens is 2. The lowest BCUT2D eigenvalue weighted by molar-refractivity contribution is -0.138. The Labute approximate surface area is 656 Å². The van der Waals surface area contributed by atoms with Gasteiger partial charge in [-0.3, -0.25) is 57.3 Å². The Balaban J connectivity index is 0.883. The van der Waals surface area contributed by atoms with Gasteiger partial charge in [0.05, 0.1) is 21.5 Å². The molecule has 108 heavy (non-hydrogen) atoms. The summed E-state index contributed by atoms with van der Waals surface area (Å²) in [6.45, 7) is 15.0. The van der Waals surface area contributed by atoms with Crippen molar-refractivity contribution in [3.8, 4) is 0 Å². The number of nitrogens with zero attached hydrogens (tertiary/aromatic N) is 4. The molecule has 4 aliphatic rings. The Kier molecular flexibility index (Phi) is 43.4. The highest BCUT2D eigenvalue weighted by Gasteiger charge is 2.40. The van der Waals surface area contributed by atoms with E-state index in [0.29, 0.717) is 19.6 Å². The maximum absolute atomic E-state index is 14.6. The van der Waals surface area contributed by atoms with Gasteiger partial charge in [0.2, 0.25) is 0 Å². The number of imide groups is 2. The predicted octanol–water partition coefficient (Wildman–Crippen LogP) is 24.9. The van der Waals surface area contributed by atoms with Gasteiger partial charge in [-0.25, -0.2) is 0 Å². The molecule has 9 unspecified atom stereocenters. The van der Waals surface area contributed by atoms with E-state index in [4.69, 9.17) is 0 Å². The lowest BCUT2D eigenvalue weighted by Gasteiger charge is -2.44. The lowest BCUT2D eigenvalue weighted by atomic mass is 9.61. The average molecular weight is 1500 g/mol. The zero-order valence-corrected chi connectivity index (χ0v) is 70.2. The van der Waals surface area contributed by atoms with Crippen LogP contribution in [0.5, 0.6) is 0 Å². The first kappa shape index (κ1) is 90.5. The summed E-state index contributed by atoms with van der Waals surface area (Å²) in [5.74, 6) is 6.05. The van der Waals surface area contributed by atoms with Crippen LogP contribution in [0.15, 0.2) is 55.6 Å². The fraction of sp³-hybridized carbons (Fsp3) is 0.812. The maximum Gasteiger partial charge on any atom is 0.262 e. The van der Waals surface area contributed by atoms with Crippen molar-refractivity contribution in [3.63, 3.8) is 0 Å². The quantitative estimate of drug-likeness (QED) is 0.0400. The third-order valence-electron chi connectivity index (χ3n) is 27.4. The number of carbonyl (C=O) groups is 4. The molecule has 12 heteroatoms.